The van der Waals surface area contributed by atoms with E-state index in [2.05, 4.69) is 10.3 Å². The Labute approximate surface area is 145 Å². The molecule has 2 heterocycles. The summed E-state index contributed by atoms with van der Waals surface area (Å²) < 4.78 is 33.4. The number of thiophene rings is 1. The number of ether oxygens (including phenoxy) is 1. The van der Waals surface area contributed by atoms with Crippen LogP contribution in [-0.2, 0) is 5.92 Å². The summed E-state index contributed by atoms with van der Waals surface area (Å²) in [6.45, 7) is -1.26. The fourth-order valence-electron chi connectivity index (χ4n) is 2.24. The molecule has 25 heavy (non-hydrogen) atoms. The number of halogens is 2. The molecule has 3 aromatic rings. The normalized spacial score (nSPS) is 11.5. The molecule has 0 fully saturated rings. The number of aliphatic hydroxyl groups is 1. The van der Waals surface area contributed by atoms with Crippen LogP contribution in [0.1, 0.15) is 15.2 Å². The molecule has 0 atom stereocenters. The van der Waals surface area contributed by atoms with Crippen molar-refractivity contribution in [2.45, 2.75) is 5.92 Å². The first-order chi connectivity index (χ1) is 11.9. The van der Waals surface area contributed by atoms with Gasteiger partial charge in [-0.1, -0.05) is 0 Å². The van der Waals surface area contributed by atoms with Crippen molar-refractivity contribution in [3.63, 3.8) is 0 Å². The van der Waals surface area contributed by atoms with Crippen LogP contribution in [0.15, 0.2) is 42.7 Å². The van der Waals surface area contributed by atoms with Crippen LogP contribution < -0.4 is 10.1 Å². The molecule has 1 amide bonds. The van der Waals surface area contributed by atoms with Gasteiger partial charge in [-0.2, -0.15) is 8.78 Å². The molecule has 0 spiro atoms. The topological polar surface area (TPSA) is 71.5 Å². The first kappa shape index (κ1) is 17.2. The highest BCUT2D eigenvalue weighted by atomic mass is 32.1. The van der Waals surface area contributed by atoms with Gasteiger partial charge in [-0.25, -0.2) is 0 Å². The molecule has 8 heteroatoms. The van der Waals surface area contributed by atoms with Crippen molar-refractivity contribution in [1.82, 2.24) is 10.3 Å². The maximum Gasteiger partial charge on any atom is 0.295 e. The second-order valence-corrected chi connectivity index (χ2v) is 6.31. The van der Waals surface area contributed by atoms with Gasteiger partial charge in [0.15, 0.2) is 5.75 Å². The van der Waals surface area contributed by atoms with E-state index in [1.165, 1.54) is 41.8 Å². The summed E-state index contributed by atoms with van der Waals surface area (Å²) >= 11 is 1.28. The van der Waals surface area contributed by atoms with Crippen LogP contribution in [0.3, 0.4) is 0 Å². The number of hydrogen-bond donors (Lipinski definition) is 2. The maximum atomic E-state index is 13.4. The van der Waals surface area contributed by atoms with E-state index in [1.807, 2.05) is 0 Å². The molecule has 0 aliphatic rings. The first-order valence-electron chi connectivity index (χ1n) is 7.31. The van der Waals surface area contributed by atoms with Crippen molar-refractivity contribution in [1.29, 1.82) is 0 Å². The molecule has 0 aliphatic carbocycles. The van der Waals surface area contributed by atoms with Gasteiger partial charge in [0, 0.05) is 24.2 Å². The first-order valence-corrected chi connectivity index (χ1v) is 8.13. The minimum absolute atomic E-state index is 0.206. The van der Waals surface area contributed by atoms with E-state index in [0.29, 0.717) is 21.8 Å². The highest BCUT2D eigenvalue weighted by Gasteiger charge is 2.30. The number of fused-ring (bicyclic) bond motifs is 1. The van der Waals surface area contributed by atoms with Crippen molar-refractivity contribution in [2.24, 2.45) is 0 Å². The second-order valence-electron chi connectivity index (χ2n) is 5.23. The summed E-state index contributed by atoms with van der Waals surface area (Å²) in [7, 11) is 1.55. The molecule has 0 saturated heterocycles. The molecule has 2 N–H and O–H groups in total. The molecule has 130 valence electrons. The van der Waals surface area contributed by atoms with Gasteiger partial charge < -0.3 is 15.2 Å². The number of carbonyl (C=O) groups is 1. The number of alkyl halides is 2. The summed E-state index contributed by atoms with van der Waals surface area (Å²) in [6.07, 6.45) is 3.13. The van der Waals surface area contributed by atoms with Crippen molar-refractivity contribution in [3.05, 3.63) is 53.2 Å². The number of amides is 1. The van der Waals surface area contributed by atoms with Crippen LogP contribution in [0.4, 0.5) is 8.78 Å². The Kier molecular flexibility index (Phi) is 4.65. The Hall–Kier alpha value is -2.58. The predicted octanol–water partition coefficient (Wildman–Crippen LogP) is 3.53. The summed E-state index contributed by atoms with van der Waals surface area (Å²) in [5.74, 6) is -2.73. The lowest BCUT2D eigenvalue weighted by atomic mass is 10.1. The average Bonchev–Trinajstić information content (AvgIpc) is 3.07. The average molecular weight is 364 g/mol. The van der Waals surface area contributed by atoms with Gasteiger partial charge in [0.25, 0.3) is 11.8 Å². The molecule has 5 nitrogen and oxygen atoms in total. The van der Waals surface area contributed by atoms with Gasteiger partial charge in [-0.3, -0.25) is 9.78 Å². The van der Waals surface area contributed by atoms with Crippen LogP contribution in [0.2, 0.25) is 0 Å². The van der Waals surface area contributed by atoms with Crippen LogP contribution in [0.25, 0.3) is 10.1 Å². The number of carbonyl (C=O) groups excluding carboxylic acids is 1. The van der Waals surface area contributed by atoms with Gasteiger partial charge in [-0.15, -0.1) is 11.3 Å². The number of hydrogen-bond acceptors (Lipinski definition) is 5. The Morgan fingerprint density at radius 3 is 2.68 bits per heavy atom. The highest BCUT2D eigenvalue weighted by molar-refractivity contribution is 7.20. The van der Waals surface area contributed by atoms with Crippen molar-refractivity contribution >= 4 is 27.3 Å². The summed E-state index contributed by atoms with van der Waals surface area (Å²) in [4.78, 5) is 16.4. The van der Waals surface area contributed by atoms with E-state index < -0.39 is 12.5 Å². The predicted molar refractivity (Wildman–Crippen MR) is 90.5 cm³/mol. The number of benzene rings is 1. The van der Waals surface area contributed by atoms with Crippen LogP contribution in [0.5, 0.6) is 11.5 Å². The largest absolute Gasteiger partial charge is 0.455 e. The Morgan fingerprint density at radius 2 is 2.04 bits per heavy atom. The van der Waals surface area contributed by atoms with Crippen molar-refractivity contribution in [3.8, 4) is 11.5 Å². The van der Waals surface area contributed by atoms with Crippen molar-refractivity contribution < 1.29 is 23.4 Å². The van der Waals surface area contributed by atoms with E-state index in [0.717, 1.165) is 4.70 Å². The number of rotatable bonds is 5. The fraction of sp³-hybridized carbons (Fsp3) is 0.176. The van der Waals surface area contributed by atoms with Crippen LogP contribution in [-0.4, -0.2) is 29.7 Å². The van der Waals surface area contributed by atoms with Gasteiger partial charge >= 0.3 is 0 Å². The lowest BCUT2D eigenvalue weighted by Gasteiger charge is -2.14. The quantitative estimate of drug-likeness (QED) is 0.727. The Bertz CT molecular complexity index is 910. The van der Waals surface area contributed by atoms with Gasteiger partial charge in [0.2, 0.25) is 0 Å². The molecule has 0 saturated carbocycles. The number of aliphatic hydroxyl groups excluding tert-OH is 1. The fourth-order valence-corrected chi connectivity index (χ4v) is 3.23. The standard InChI is InChI=1S/C17H14F2N2O3S/c1-20-16(23)14-6-12-13(7-21-8-15(12)25-14)24-11-4-2-10(3-5-11)17(18,19)9-22/h2-8,22H,9H2,1H3,(H,20,23). The van der Waals surface area contributed by atoms with Gasteiger partial charge in [0.1, 0.15) is 12.4 Å². The zero-order valence-electron chi connectivity index (χ0n) is 13.1. The molecular formula is C17H14F2N2O3S. The number of pyridine rings is 1. The van der Waals surface area contributed by atoms with E-state index in [1.54, 1.807) is 19.3 Å². The lowest BCUT2D eigenvalue weighted by molar-refractivity contribution is -0.0556. The summed E-state index contributed by atoms with van der Waals surface area (Å²) in [6, 6.07) is 6.88. The Balaban J connectivity index is 1.90. The van der Waals surface area contributed by atoms with Crippen LogP contribution >= 0.6 is 11.3 Å². The van der Waals surface area contributed by atoms with Crippen molar-refractivity contribution in [2.75, 3.05) is 13.7 Å². The number of nitrogens with one attached hydrogen (secondary N) is 1. The zero-order valence-corrected chi connectivity index (χ0v) is 13.9. The highest BCUT2D eigenvalue weighted by Crippen LogP contribution is 2.35. The maximum absolute atomic E-state index is 13.4. The summed E-state index contributed by atoms with van der Waals surface area (Å²) in [5.41, 5.74) is -0.295. The molecule has 0 bridgehead atoms. The van der Waals surface area contributed by atoms with Crippen LogP contribution in [0, 0.1) is 0 Å². The molecule has 2 aromatic heterocycles. The third-order valence-electron chi connectivity index (χ3n) is 3.56. The molecular weight excluding hydrogens is 350 g/mol. The van der Waals surface area contributed by atoms with E-state index in [4.69, 9.17) is 9.84 Å². The molecule has 3 rings (SSSR count). The lowest BCUT2D eigenvalue weighted by Crippen LogP contribution is -2.18. The smallest absolute Gasteiger partial charge is 0.295 e. The SMILES string of the molecule is CNC(=O)c1cc2c(Oc3ccc(C(F)(F)CO)cc3)cncc2s1. The zero-order chi connectivity index (χ0) is 18.0. The molecule has 1 aromatic carbocycles. The molecule has 0 radical (unpaired) electrons. The summed E-state index contributed by atoms with van der Waals surface area (Å²) in [5, 5.41) is 12.0. The minimum Gasteiger partial charge on any atom is -0.455 e. The third-order valence-corrected chi connectivity index (χ3v) is 4.63. The molecule has 0 unspecified atom stereocenters. The van der Waals surface area contributed by atoms with Gasteiger partial charge in [0.05, 0.1) is 15.8 Å². The third kappa shape index (κ3) is 3.45. The van der Waals surface area contributed by atoms with E-state index >= 15 is 0 Å². The molecule has 0 aliphatic heterocycles. The second kappa shape index (κ2) is 6.73. The minimum atomic E-state index is -3.30. The van der Waals surface area contributed by atoms with E-state index in [-0.39, 0.29) is 11.5 Å². The van der Waals surface area contributed by atoms with Gasteiger partial charge in [-0.05, 0) is 30.3 Å². The number of aromatic nitrogens is 1. The monoisotopic (exact) mass is 364 g/mol. The Morgan fingerprint density at radius 1 is 1.32 bits per heavy atom. The van der Waals surface area contributed by atoms with E-state index in [9.17, 15) is 13.6 Å². The number of nitrogens with zero attached hydrogens (tertiary/aromatic N) is 1.